The van der Waals surface area contributed by atoms with E-state index in [1.165, 1.54) is 24.0 Å². The van der Waals surface area contributed by atoms with Gasteiger partial charge in [-0.3, -0.25) is 0 Å². The number of carbonyl (C=O) groups excluding carboxylic acids is 1. The topological polar surface area (TPSA) is 84.9 Å². The minimum absolute atomic E-state index is 0.169. The van der Waals surface area contributed by atoms with Crippen LogP contribution in [0.2, 0.25) is 0 Å². The van der Waals surface area contributed by atoms with Crippen LogP contribution in [0.3, 0.4) is 0 Å². The number of carboxylic acids is 1. The first-order valence-corrected chi connectivity index (χ1v) is 9.71. The maximum Gasteiger partial charge on any atom is 0.408 e. The van der Waals surface area contributed by atoms with E-state index in [1.807, 2.05) is 0 Å². The summed E-state index contributed by atoms with van der Waals surface area (Å²) in [4.78, 5) is 23.7. The summed E-state index contributed by atoms with van der Waals surface area (Å²) in [7, 11) is 0. The van der Waals surface area contributed by atoms with Crippen molar-refractivity contribution in [1.29, 1.82) is 0 Å². The second-order valence-corrected chi connectivity index (χ2v) is 8.58. The lowest BCUT2D eigenvalue weighted by molar-refractivity contribution is -0.139. The van der Waals surface area contributed by atoms with Gasteiger partial charge in [0.1, 0.15) is 17.4 Å². The van der Waals surface area contributed by atoms with Crippen LogP contribution in [0.1, 0.15) is 56.7 Å². The number of aliphatic carboxylic acids is 1. The predicted octanol–water partition coefficient (Wildman–Crippen LogP) is 3.48. The van der Waals surface area contributed by atoms with Crippen molar-refractivity contribution in [3.8, 4) is 5.75 Å². The van der Waals surface area contributed by atoms with E-state index in [0.717, 1.165) is 30.6 Å². The lowest BCUT2D eigenvalue weighted by Crippen LogP contribution is -2.44. The zero-order chi connectivity index (χ0) is 19.6. The molecule has 27 heavy (non-hydrogen) atoms. The number of aryl methyl sites for hydroxylation is 2. The number of amides is 1. The van der Waals surface area contributed by atoms with Crippen molar-refractivity contribution < 1.29 is 24.2 Å². The Morgan fingerprint density at radius 3 is 2.48 bits per heavy atom. The van der Waals surface area contributed by atoms with Crippen LogP contribution < -0.4 is 10.1 Å². The molecule has 1 atom stereocenters. The third-order valence-electron chi connectivity index (χ3n) is 4.86. The number of ether oxygens (including phenoxy) is 2. The SMILES string of the molecule is CC(C)(C)OC(=O)NC(Cc1cc2c(cc1OCC1CC1)CCC2)C(=O)O. The number of alkyl carbamates (subject to hydrolysis) is 1. The van der Waals surface area contributed by atoms with E-state index in [4.69, 9.17) is 9.47 Å². The molecule has 0 spiro atoms. The van der Waals surface area contributed by atoms with E-state index in [0.29, 0.717) is 12.5 Å². The summed E-state index contributed by atoms with van der Waals surface area (Å²) >= 11 is 0. The maximum atomic E-state index is 12.0. The van der Waals surface area contributed by atoms with Gasteiger partial charge in [-0.25, -0.2) is 9.59 Å². The van der Waals surface area contributed by atoms with Gasteiger partial charge < -0.3 is 19.9 Å². The van der Waals surface area contributed by atoms with E-state index in [1.54, 1.807) is 20.8 Å². The van der Waals surface area contributed by atoms with Crippen LogP contribution in [0.4, 0.5) is 4.79 Å². The third-order valence-corrected chi connectivity index (χ3v) is 4.86. The Balaban J connectivity index is 1.75. The highest BCUT2D eigenvalue weighted by Crippen LogP contribution is 2.34. The molecule has 0 bridgehead atoms. The molecule has 6 heteroatoms. The highest BCUT2D eigenvalue weighted by atomic mass is 16.6. The number of hydrogen-bond acceptors (Lipinski definition) is 4. The Kier molecular flexibility index (Phi) is 5.63. The molecule has 0 radical (unpaired) electrons. The zero-order valence-electron chi connectivity index (χ0n) is 16.3. The quantitative estimate of drug-likeness (QED) is 0.762. The lowest BCUT2D eigenvalue weighted by atomic mass is 9.99. The monoisotopic (exact) mass is 375 g/mol. The lowest BCUT2D eigenvalue weighted by Gasteiger charge is -2.22. The molecule has 1 amide bonds. The van der Waals surface area contributed by atoms with E-state index in [-0.39, 0.29) is 6.42 Å². The van der Waals surface area contributed by atoms with Crippen LogP contribution in [0.15, 0.2) is 12.1 Å². The summed E-state index contributed by atoms with van der Waals surface area (Å²) in [6.07, 6.45) is 4.98. The van der Waals surface area contributed by atoms with Crippen molar-refractivity contribution in [1.82, 2.24) is 5.32 Å². The fourth-order valence-electron chi connectivity index (χ4n) is 3.31. The fourth-order valence-corrected chi connectivity index (χ4v) is 3.31. The second kappa shape index (κ2) is 7.79. The first-order valence-electron chi connectivity index (χ1n) is 9.71. The number of rotatable bonds is 7. The molecular weight excluding hydrogens is 346 g/mol. The molecule has 1 fully saturated rings. The molecule has 0 aromatic heterocycles. The van der Waals surface area contributed by atoms with Crippen molar-refractivity contribution in [2.45, 2.75) is 70.9 Å². The standard InChI is InChI=1S/C21H29NO5/c1-21(2,3)27-20(25)22-17(19(23)24)10-16-9-14-5-4-6-15(14)11-18(16)26-12-13-7-8-13/h9,11,13,17H,4-8,10,12H2,1-3H3,(H,22,25)(H,23,24). The molecule has 2 aliphatic carbocycles. The van der Waals surface area contributed by atoms with Crippen LogP contribution in [-0.2, 0) is 28.8 Å². The summed E-state index contributed by atoms with van der Waals surface area (Å²) < 4.78 is 11.2. The Labute approximate surface area is 160 Å². The number of nitrogens with one attached hydrogen (secondary N) is 1. The smallest absolute Gasteiger partial charge is 0.408 e. The van der Waals surface area contributed by atoms with Crippen LogP contribution in [0.5, 0.6) is 5.75 Å². The van der Waals surface area contributed by atoms with E-state index >= 15 is 0 Å². The number of carbonyl (C=O) groups is 2. The average molecular weight is 375 g/mol. The fraction of sp³-hybridized carbons (Fsp3) is 0.619. The predicted molar refractivity (Wildman–Crippen MR) is 101 cm³/mol. The first-order chi connectivity index (χ1) is 12.7. The molecule has 1 aromatic rings. The van der Waals surface area contributed by atoms with E-state index < -0.39 is 23.7 Å². The molecule has 1 unspecified atom stereocenters. The summed E-state index contributed by atoms with van der Waals surface area (Å²) in [5.41, 5.74) is 2.70. The highest BCUT2D eigenvalue weighted by Gasteiger charge is 2.27. The number of hydrogen-bond donors (Lipinski definition) is 2. The normalized spacial score (nSPS) is 17.1. The summed E-state index contributed by atoms with van der Waals surface area (Å²) in [5, 5.41) is 12.1. The Bertz CT molecular complexity index is 718. The van der Waals surface area contributed by atoms with Gasteiger partial charge in [-0.05, 0) is 81.5 Å². The summed E-state index contributed by atoms with van der Waals surface area (Å²) in [6.45, 7) is 5.90. The molecule has 1 saturated carbocycles. The highest BCUT2D eigenvalue weighted by molar-refractivity contribution is 5.80. The van der Waals surface area contributed by atoms with E-state index in [2.05, 4.69) is 17.4 Å². The first kappa shape index (κ1) is 19.5. The minimum atomic E-state index is -1.09. The molecule has 3 rings (SSSR count). The van der Waals surface area contributed by atoms with Gasteiger partial charge in [-0.15, -0.1) is 0 Å². The number of fused-ring (bicyclic) bond motifs is 1. The minimum Gasteiger partial charge on any atom is -0.493 e. The molecule has 6 nitrogen and oxygen atoms in total. The summed E-state index contributed by atoms with van der Waals surface area (Å²) in [6, 6.07) is 3.05. The van der Waals surface area contributed by atoms with Crippen molar-refractivity contribution in [2.75, 3.05) is 6.61 Å². The van der Waals surface area contributed by atoms with Gasteiger partial charge in [-0.1, -0.05) is 6.07 Å². The van der Waals surface area contributed by atoms with Gasteiger partial charge in [0.15, 0.2) is 0 Å². The van der Waals surface area contributed by atoms with Crippen molar-refractivity contribution >= 4 is 12.1 Å². The molecule has 148 valence electrons. The molecule has 2 aliphatic rings. The second-order valence-electron chi connectivity index (χ2n) is 8.58. The Morgan fingerprint density at radius 2 is 1.89 bits per heavy atom. The van der Waals surface area contributed by atoms with Gasteiger partial charge >= 0.3 is 12.1 Å². The third kappa shape index (κ3) is 5.62. The van der Waals surface area contributed by atoms with E-state index in [9.17, 15) is 14.7 Å². The molecule has 2 N–H and O–H groups in total. The zero-order valence-corrected chi connectivity index (χ0v) is 16.3. The molecule has 0 aliphatic heterocycles. The number of carboxylic acid groups (broad SMARTS) is 1. The van der Waals surface area contributed by atoms with Gasteiger partial charge in [0.25, 0.3) is 0 Å². The van der Waals surface area contributed by atoms with Gasteiger partial charge in [0.05, 0.1) is 6.61 Å². The number of benzene rings is 1. The van der Waals surface area contributed by atoms with Gasteiger partial charge in [0.2, 0.25) is 0 Å². The average Bonchev–Trinajstić information content (AvgIpc) is 3.27. The van der Waals surface area contributed by atoms with Crippen LogP contribution in [0, 0.1) is 5.92 Å². The Morgan fingerprint density at radius 1 is 1.22 bits per heavy atom. The van der Waals surface area contributed by atoms with Crippen molar-refractivity contribution in [3.63, 3.8) is 0 Å². The largest absolute Gasteiger partial charge is 0.493 e. The van der Waals surface area contributed by atoms with Crippen LogP contribution >= 0.6 is 0 Å². The van der Waals surface area contributed by atoms with Crippen LogP contribution in [-0.4, -0.2) is 35.4 Å². The maximum absolute atomic E-state index is 12.0. The molecular formula is C21H29NO5. The summed E-state index contributed by atoms with van der Waals surface area (Å²) in [5.74, 6) is 0.274. The van der Waals surface area contributed by atoms with Crippen molar-refractivity contribution in [2.24, 2.45) is 5.92 Å². The van der Waals surface area contributed by atoms with Gasteiger partial charge in [-0.2, -0.15) is 0 Å². The Hall–Kier alpha value is -2.24. The van der Waals surface area contributed by atoms with Crippen molar-refractivity contribution in [3.05, 3.63) is 28.8 Å². The molecule has 1 aromatic carbocycles. The molecule has 0 heterocycles. The van der Waals surface area contributed by atoms with Gasteiger partial charge in [0, 0.05) is 6.42 Å². The van der Waals surface area contributed by atoms with Crippen LogP contribution in [0.25, 0.3) is 0 Å². The molecule has 0 saturated heterocycles.